The molecule has 1 N–H and O–H groups in total. The molecule has 4 heterocycles. The van der Waals surface area contributed by atoms with Crippen molar-refractivity contribution in [2.75, 3.05) is 31.1 Å². The largest absolute Gasteiger partial charge is 0.457 e. The van der Waals surface area contributed by atoms with Gasteiger partial charge in [-0.2, -0.15) is 0 Å². The summed E-state index contributed by atoms with van der Waals surface area (Å²) in [6.07, 6.45) is 5.30. The molecule has 1 unspecified atom stereocenters. The van der Waals surface area contributed by atoms with Crippen molar-refractivity contribution in [3.8, 4) is 0 Å². The van der Waals surface area contributed by atoms with E-state index in [0.29, 0.717) is 18.5 Å². The second-order valence-corrected chi connectivity index (χ2v) is 9.06. The molecule has 1 spiro atoms. The number of amides is 1. The third-order valence-electron chi connectivity index (χ3n) is 7.21. The topological polar surface area (TPSA) is 83.0 Å². The predicted octanol–water partition coefficient (Wildman–Crippen LogP) is 2.61. The van der Waals surface area contributed by atoms with Crippen LogP contribution in [0.3, 0.4) is 0 Å². The Morgan fingerprint density at radius 1 is 1.16 bits per heavy atom. The van der Waals surface area contributed by atoms with Gasteiger partial charge in [0.2, 0.25) is 5.91 Å². The summed E-state index contributed by atoms with van der Waals surface area (Å²) in [6.45, 7) is 5.26. The van der Waals surface area contributed by atoms with E-state index >= 15 is 0 Å². The van der Waals surface area contributed by atoms with Crippen molar-refractivity contribution >= 4 is 17.6 Å². The van der Waals surface area contributed by atoms with Gasteiger partial charge in [-0.25, -0.2) is 4.79 Å². The molecule has 0 bridgehead atoms. The smallest absolute Gasteiger partial charge is 0.338 e. The van der Waals surface area contributed by atoms with E-state index < -0.39 is 6.10 Å². The molecule has 5 rings (SSSR count). The molecular formula is C24H27N3O4. The van der Waals surface area contributed by atoms with Crippen LogP contribution in [-0.2, 0) is 16.1 Å². The number of β-amino-alcohol motifs (C(OH)–C–C–N with tert-alkyl or cyclic N) is 1. The number of anilines is 1. The lowest BCUT2D eigenvalue weighted by Gasteiger charge is -2.39. The number of aliphatic hydroxyl groups is 1. The van der Waals surface area contributed by atoms with Gasteiger partial charge in [0.1, 0.15) is 6.61 Å². The predicted molar refractivity (Wildman–Crippen MR) is 115 cm³/mol. The number of rotatable bonds is 4. The van der Waals surface area contributed by atoms with Gasteiger partial charge in [-0.15, -0.1) is 0 Å². The molecule has 3 aliphatic heterocycles. The number of hydrogen-bond donors (Lipinski definition) is 1. The van der Waals surface area contributed by atoms with Crippen LogP contribution in [0.2, 0.25) is 0 Å². The van der Waals surface area contributed by atoms with Gasteiger partial charge in [0.25, 0.3) is 0 Å². The Balaban J connectivity index is 1.22. The van der Waals surface area contributed by atoms with Crippen LogP contribution in [0.1, 0.15) is 52.4 Å². The van der Waals surface area contributed by atoms with Crippen LogP contribution in [0.25, 0.3) is 0 Å². The quantitative estimate of drug-likeness (QED) is 0.765. The van der Waals surface area contributed by atoms with Crippen molar-refractivity contribution in [3.63, 3.8) is 0 Å². The first-order valence-corrected chi connectivity index (χ1v) is 10.9. The maximum atomic E-state index is 12.7. The molecule has 31 heavy (non-hydrogen) atoms. The standard InChI is InChI=1S/C24H27N3O4/c1-16-18(2-3-19-20(16)14-31-23(19)30)21(28)13-26-10-6-24(7-11-26)12-22(29)27(15-24)17-4-8-25-9-5-17/h2-5,8-9,21,28H,6-7,10-15H2,1H3. The Labute approximate surface area is 181 Å². The number of piperidine rings is 1. The normalized spacial score (nSPS) is 21.4. The minimum absolute atomic E-state index is 0.0169. The van der Waals surface area contributed by atoms with Crippen LogP contribution in [0.15, 0.2) is 36.7 Å². The Morgan fingerprint density at radius 3 is 2.65 bits per heavy atom. The van der Waals surface area contributed by atoms with Crippen LogP contribution in [0.4, 0.5) is 5.69 Å². The average Bonchev–Trinajstić information content (AvgIpc) is 3.31. The van der Waals surface area contributed by atoms with E-state index in [1.807, 2.05) is 30.0 Å². The number of esters is 1. The summed E-state index contributed by atoms with van der Waals surface area (Å²) in [4.78, 5) is 32.6. The number of nitrogens with zero attached hydrogens (tertiary/aromatic N) is 3. The Hall–Kier alpha value is -2.77. The maximum absolute atomic E-state index is 12.7. The number of fused-ring (bicyclic) bond motifs is 1. The minimum Gasteiger partial charge on any atom is -0.457 e. The number of likely N-dealkylation sites (tertiary alicyclic amines) is 1. The van der Waals surface area contributed by atoms with Crippen LogP contribution < -0.4 is 4.90 Å². The van der Waals surface area contributed by atoms with Crippen LogP contribution in [0, 0.1) is 12.3 Å². The molecule has 7 heteroatoms. The first-order valence-electron chi connectivity index (χ1n) is 10.9. The molecule has 1 amide bonds. The van der Waals surface area contributed by atoms with Crippen LogP contribution in [-0.4, -0.2) is 53.0 Å². The van der Waals surface area contributed by atoms with E-state index in [-0.39, 0.29) is 23.9 Å². The van der Waals surface area contributed by atoms with Gasteiger partial charge in [-0.1, -0.05) is 6.07 Å². The van der Waals surface area contributed by atoms with Crippen molar-refractivity contribution in [2.45, 2.75) is 38.9 Å². The van der Waals surface area contributed by atoms with E-state index in [2.05, 4.69) is 9.88 Å². The van der Waals surface area contributed by atoms with Gasteiger partial charge >= 0.3 is 5.97 Å². The molecule has 0 radical (unpaired) electrons. The van der Waals surface area contributed by atoms with Crippen molar-refractivity contribution in [2.24, 2.45) is 5.41 Å². The van der Waals surface area contributed by atoms with Crippen molar-refractivity contribution in [3.05, 3.63) is 58.9 Å². The molecular weight excluding hydrogens is 394 g/mol. The van der Waals surface area contributed by atoms with E-state index in [0.717, 1.165) is 54.9 Å². The molecule has 1 aromatic heterocycles. The van der Waals surface area contributed by atoms with Gasteiger partial charge in [-0.05, 0) is 67.6 Å². The molecule has 0 saturated carbocycles. The summed E-state index contributed by atoms with van der Waals surface area (Å²) in [5, 5.41) is 10.9. The Kier molecular flexibility index (Phi) is 5.02. The van der Waals surface area contributed by atoms with E-state index in [1.54, 1.807) is 18.5 Å². The number of aromatic nitrogens is 1. The summed E-state index contributed by atoms with van der Waals surface area (Å²) >= 11 is 0. The number of carbonyl (C=O) groups is 2. The Morgan fingerprint density at radius 2 is 1.90 bits per heavy atom. The van der Waals surface area contributed by atoms with Gasteiger partial charge in [0.05, 0.1) is 11.7 Å². The molecule has 3 aliphatic rings. The molecule has 2 saturated heterocycles. The Bertz CT molecular complexity index is 1010. The van der Waals surface area contributed by atoms with Crippen molar-refractivity contribution < 1.29 is 19.4 Å². The molecule has 2 fully saturated rings. The summed E-state index contributed by atoms with van der Waals surface area (Å²) in [7, 11) is 0. The molecule has 2 aromatic rings. The highest BCUT2D eigenvalue weighted by Crippen LogP contribution is 2.43. The molecule has 162 valence electrons. The second-order valence-electron chi connectivity index (χ2n) is 9.06. The number of ether oxygens (including phenoxy) is 1. The highest BCUT2D eigenvalue weighted by molar-refractivity contribution is 5.96. The monoisotopic (exact) mass is 421 g/mol. The van der Waals surface area contributed by atoms with Gasteiger partial charge in [0.15, 0.2) is 0 Å². The fraction of sp³-hybridized carbons (Fsp3) is 0.458. The van der Waals surface area contributed by atoms with Gasteiger partial charge in [0, 0.05) is 43.2 Å². The summed E-state index contributed by atoms with van der Waals surface area (Å²) in [5.74, 6) is -0.0994. The van der Waals surface area contributed by atoms with Crippen LogP contribution >= 0.6 is 0 Å². The van der Waals surface area contributed by atoms with E-state index in [4.69, 9.17) is 4.74 Å². The highest BCUT2D eigenvalue weighted by atomic mass is 16.5. The molecule has 1 aromatic carbocycles. The number of cyclic esters (lactones) is 1. The number of carbonyl (C=O) groups excluding carboxylic acids is 2. The second kappa shape index (κ2) is 7.73. The zero-order chi connectivity index (χ0) is 21.6. The molecule has 0 aliphatic carbocycles. The van der Waals surface area contributed by atoms with Gasteiger partial charge in [-0.3, -0.25) is 9.78 Å². The summed E-state index contributed by atoms with van der Waals surface area (Å²) in [6, 6.07) is 7.39. The highest BCUT2D eigenvalue weighted by Gasteiger charge is 2.45. The average molecular weight is 421 g/mol. The first kappa shape index (κ1) is 20.2. The van der Waals surface area contributed by atoms with E-state index in [1.165, 1.54) is 0 Å². The fourth-order valence-electron chi connectivity index (χ4n) is 5.27. The zero-order valence-electron chi connectivity index (χ0n) is 17.7. The minimum atomic E-state index is -0.617. The third-order valence-corrected chi connectivity index (χ3v) is 7.21. The van der Waals surface area contributed by atoms with Gasteiger partial charge < -0.3 is 19.6 Å². The lowest BCUT2D eigenvalue weighted by Crippen LogP contribution is -2.43. The van der Waals surface area contributed by atoms with E-state index in [9.17, 15) is 14.7 Å². The lowest BCUT2D eigenvalue weighted by atomic mass is 9.77. The molecule has 7 nitrogen and oxygen atoms in total. The number of aliphatic hydroxyl groups excluding tert-OH is 1. The lowest BCUT2D eigenvalue weighted by molar-refractivity contribution is -0.118. The third kappa shape index (κ3) is 3.62. The first-order chi connectivity index (χ1) is 15.0. The van der Waals surface area contributed by atoms with Crippen molar-refractivity contribution in [1.82, 2.24) is 9.88 Å². The number of pyridine rings is 1. The SMILES string of the molecule is Cc1c(C(O)CN2CCC3(CC2)CC(=O)N(c2ccncc2)C3)ccc2c1COC2=O. The fourth-order valence-corrected chi connectivity index (χ4v) is 5.27. The number of benzene rings is 1. The summed E-state index contributed by atoms with van der Waals surface area (Å²) < 4.78 is 5.13. The molecule has 1 atom stereocenters. The number of hydrogen-bond acceptors (Lipinski definition) is 6. The zero-order valence-corrected chi connectivity index (χ0v) is 17.7. The maximum Gasteiger partial charge on any atom is 0.338 e. The van der Waals surface area contributed by atoms with Crippen LogP contribution in [0.5, 0.6) is 0 Å². The summed E-state index contributed by atoms with van der Waals surface area (Å²) in [5.41, 5.74) is 4.24. The van der Waals surface area contributed by atoms with Crippen molar-refractivity contribution in [1.29, 1.82) is 0 Å².